The van der Waals surface area contributed by atoms with Crippen LogP contribution in [0, 0.1) is 0 Å². The van der Waals surface area contributed by atoms with Gasteiger partial charge in [0.25, 0.3) is 0 Å². The molecule has 0 unspecified atom stereocenters. The summed E-state index contributed by atoms with van der Waals surface area (Å²) in [5.41, 5.74) is 9.66. The lowest BCUT2D eigenvalue weighted by Gasteiger charge is -1.99. The second-order valence-electron chi connectivity index (χ2n) is 4.64. The van der Waals surface area contributed by atoms with E-state index in [1.54, 1.807) is 0 Å². The summed E-state index contributed by atoms with van der Waals surface area (Å²) in [5.74, 6) is 0. The van der Waals surface area contributed by atoms with E-state index >= 15 is 0 Å². The number of H-pyrrole nitrogens is 1. The van der Waals surface area contributed by atoms with Gasteiger partial charge in [0.05, 0.1) is 11.2 Å². The van der Waals surface area contributed by atoms with Crippen LogP contribution in [0.1, 0.15) is 0 Å². The molecule has 2 aromatic heterocycles. The second-order valence-corrected chi connectivity index (χ2v) is 5.65. The highest BCUT2D eigenvalue weighted by Crippen LogP contribution is 2.31. The Hall–Kier alpha value is -2.73. The molecule has 0 atom stereocenters. The molecule has 0 bridgehead atoms. The summed E-state index contributed by atoms with van der Waals surface area (Å²) in [5, 5.41) is 17.8. The van der Waals surface area contributed by atoms with Crippen molar-refractivity contribution in [3.63, 3.8) is 0 Å². The van der Waals surface area contributed by atoms with Crippen LogP contribution in [-0.2, 0) is 0 Å². The third-order valence-corrected chi connectivity index (χ3v) is 4.10. The van der Waals surface area contributed by atoms with E-state index in [1.165, 1.54) is 11.3 Å². The van der Waals surface area contributed by atoms with Gasteiger partial charge in [-0.15, -0.1) is 10.2 Å². The first-order chi connectivity index (χ1) is 10.3. The average Bonchev–Trinajstić information content (AvgIpc) is 3.13. The Morgan fingerprint density at radius 1 is 0.952 bits per heavy atom. The van der Waals surface area contributed by atoms with Crippen LogP contribution in [0.25, 0.3) is 32.7 Å². The van der Waals surface area contributed by atoms with Gasteiger partial charge in [0.15, 0.2) is 0 Å². The number of nitrogens with zero attached hydrogens (tertiary/aromatic N) is 3. The van der Waals surface area contributed by atoms with Crippen LogP contribution < -0.4 is 5.73 Å². The summed E-state index contributed by atoms with van der Waals surface area (Å²) >= 11 is 1.38. The molecule has 2 aromatic carbocycles. The predicted octanol–water partition coefficient (Wildman–Crippen LogP) is 3.33. The van der Waals surface area contributed by atoms with Gasteiger partial charge in [0.2, 0.25) is 5.13 Å². The first kappa shape index (κ1) is 12.0. The van der Waals surface area contributed by atoms with Gasteiger partial charge in [-0.25, -0.2) is 0 Å². The summed E-state index contributed by atoms with van der Waals surface area (Å²) in [7, 11) is 0. The van der Waals surface area contributed by atoms with Crippen molar-refractivity contribution in [2.45, 2.75) is 0 Å². The van der Waals surface area contributed by atoms with Crippen molar-refractivity contribution in [3.8, 4) is 21.8 Å². The lowest BCUT2D eigenvalue weighted by atomic mass is 10.1. The standard InChI is InChI=1S/C15H11N5S/c16-15-20-19-14(21-15)10-6-7-12-11(8-10)13(18-17-12)9-4-2-1-3-5-9/h1-8H,(H2,16,20)(H,17,18). The van der Waals surface area contributed by atoms with Gasteiger partial charge in [-0.1, -0.05) is 41.7 Å². The number of rotatable bonds is 2. The third-order valence-electron chi connectivity index (χ3n) is 3.30. The van der Waals surface area contributed by atoms with E-state index in [9.17, 15) is 0 Å². The lowest BCUT2D eigenvalue weighted by molar-refractivity contribution is 1.10. The zero-order valence-corrected chi connectivity index (χ0v) is 11.8. The molecule has 0 aliphatic carbocycles. The van der Waals surface area contributed by atoms with Crippen molar-refractivity contribution in [1.29, 1.82) is 0 Å². The van der Waals surface area contributed by atoms with E-state index in [2.05, 4.69) is 26.5 Å². The molecule has 4 rings (SSSR count). The second kappa shape index (κ2) is 4.68. The molecular weight excluding hydrogens is 282 g/mol. The Morgan fingerprint density at radius 2 is 1.81 bits per heavy atom. The fourth-order valence-electron chi connectivity index (χ4n) is 2.31. The Morgan fingerprint density at radius 3 is 2.57 bits per heavy atom. The molecule has 3 N–H and O–H groups in total. The molecule has 0 saturated heterocycles. The predicted molar refractivity (Wildman–Crippen MR) is 84.8 cm³/mol. The van der Waals surface area contributed by atoms with Crippen molar-refractivity contribution in [2.75, 3.05) is 5.73 Å². The van der Waals surface area contributed by atoms with E-state index in [0.717, 1.165) is 32.7 Å². The summed E-state index contributed by atoms with van der Waals surface area (Å²) in [4.78, 5) is 0. The molecular formula is C15H11N5S. The van der Waals surface area contributed by atoms with Crippen LogP contribution in [-0.4, -0.2) is 20.4 Å². The van der Waals surface area contributed by atoms with Crippen molar-refractivity contribution in [3.05, 3.63) is 48.5 Å². The number of nitrogen functional groups attached to an aromatic ring is 1. The van der Waals surface area contributed by atoms with E-state index in [4.69, 9.17) is 5.73 Å². The normalized spacial score (nSPS) is 11.0. The minimum absolute atomic E-state index is 0.473. The largest absolute Gasteiger partial charge is 0.374 e. The monoisotopic (exact) mass is 293 g/mol. The fraction of sp³-hybridized carbons (Fsp3) is 0. The van der Waals surface area contributed by atoms with Gasteiger partial charge in [0.1, 0.15) is 5.01 Å². The molecule has 0 aliphatic heterocycles. The van der Waals surface area contributed by atoms with Gasteiger partial charge in [-0.05, 0) is 18.2 Å². The minimum atomic E-state index is 0.473. The Balaban J connectivity index is 1.90. The quantitative estimate of drug-likeness (QED) is 0.594. The van der Waals surface area contributed by atoms with Crippen LogP contribution in [0.4, 0.5) is 5.13 Å². The van der Waals surface area contributed by atoms with E-state index in [0.29, 0.717) is 5.13 Å². The van der Waals surface area contributed by atoms with Crippen LogP contribution in [0.3, 0.4) is 0 Å². The molecule has 5 nitrogen and oxygen atoms in total. The van der Waals surface area contributed by atoms with Gasteiger partial charge < -0.3 is 5.73 Å². The summed E-state index contributed by atoms with van der Waals surface area (Å²) in [6.07, 6.45) is 0. The molecule has 102 valence electrons. The zero-order valence-electron chi connectivity index (χ0n) is 10.9. The maximum atomic E-state index is 5.66. The topological polar surface area (TPSA) is 80.5 Å². The zero-order chi connectivity index (χ0) is 14.2. The molecule has 0 saturated carbocycles. The first-order valence-electron chi connectivity index (χ1n) is 6.44. The smallest absolute Gasteiger partial charge is 0.203 e. The third kappa shape index (κ3) is 2.05. The van der Waals surface area contributed by atoms with E-state index < -0.39 is 0 Å². The van der Waals surface area contributed by atoms with E-state index in [1.807, 2.05) is 42.5 Å². The summed E-state index contributed by atoms with van der Waals surface area (Å²) in [6, 6.07) is 16.2. The minimum Gasteiger partial charge on any atom is -0.374 e. The summed E-state index contributed by atoms with van der Waals surface area (Å²) in [6.45, 7) is 0. The molecule has 0 spiro atoms. The van der Waals surface area contributed by atoms with Crippen LogP contribution in [0.15, 0.2) is 48.5 Å². The average molecular weight is 293 g/mol. The van der Waals surface area contributed by atoms with Crippen LogP contribution in [0.2, 0.25) is 0 Å². The maximum absolute atomic E-state index is 5.66. The molecule has 2 heterocycles. The number of benzene rings is 2. The highest BCUT2D eigenvalue weighted by atomic mass is 32.1. The number of hydrogen-bond donors (Lipinski definition) is 2. The number of aromatic nitrogens is 4. The molecule has 0 radical (unpaired) electrons. The molecule has 0 aliphatic rings. The Bertz CT molecular complexity index is 910. The molecule has 0 amide bonds. The number of hydrogen-bond acceptors (Lipinski definition) is 5. The fourth-order valence-corrected chi connectivity index (χ4v) is 2.92. The van der Waals surface area contributed by atoms with Crippen LogP contribution >= 0.6 is 11.3 Å². The summed E-state index contributed by atoms with van der Waals surface area (Å²) < 4.78 is 0. The van der Waals surface area contributed by atoms with Crippen molar-refractivity contribution < 1.29 is 0 Å². The Kier molecular flexibility index (Phi) is 2.68. The van der Waals surface area contributed by atoms with Crippen LogP contribution in [0.5, 0.6) is 0 Å². The van der Waals surface area contributed by atoms with E-state index in [-0.39, 0.29) is 0 Å². The maximum Gasteiger partial charge on any atom is 0.203 e. The first-order valence-corrected chi connectivity index (χ1v) is 7.26. The molecule has 0 fully saturated rings. The molecule has 6 heteroatoms. The number of anilines is 1. The van der Waals surface area contributed by atoms with Gasteiger partial charge >= 0.3 is 0 Å². The van der Waals surface area contributed by atoms with Gasteiger partial charge in [0, 0.05) is 16.5 Å². The van der Waals surface area contributed by atoms with Gasteiger partial charge in [-0.2, -0.15) is 5.10 Å². The number of nitrogens with two attached hydrogens (primary N) is 1. The Labute approximate surface area is 124 Å². The van der Waals surface area contributed by atoms with Crippen molar-refractivity contribution in [1.82, 2.24) is 20.4 Å². The number of fused-ring (bicyclic) bond motifs is 1. The lowest BCUT2D eigenvalue weighted by Crippen LogP contribution is -1.80. The highest BCUT2D eigenvalue weighted by Gasteiger charge is 2.11. The molecule has 4 aromatic rings. The van der Waals surface area contributed by atoms with Gasteiger partial charge in [-0.3, -0.25) is 5.10 Å². The van der Waals surface area contributed by atoms with Crippen molar-refractivity contribution in [2.24, 2.45) is 0 Å². The van der Waals surface area contributed by atoms with Crippen molar-refractivity contribution >= 4 is 27.4 Å². The highest BCUT2D eigenvalue weighted by molar-refractivity contribution is 7.18. The molecule has 21 heavy (non-hydrogen) atoms. The number of aromatic amines is 1. The SMILES string of the molecule is Nc1nnc(-c2ccc3[nH]nc(-c4ccccc4)c3c2)s1. The number of nitrogens with one attached hydrogen (secondary N) is 1.